The van der Waals surface area contributed by atoms with Crippen molar-refractivity contribution in [1.29, 1.82) is 0 Å². The van der Waals surface area contributed by atoms with Gasteiger partial charge in [0.15, 0.2) is 5.65 Å². The molecule has 4 rings (SSSR count). The van der Waals surface area contributed by atoms with E-state index in [-0.39, 0.29) is 24.2 Å². The topological polar surface area (TPSA) is 123 Å². The third kappa shape index (κ3) is 4.32. The van der Waals surface area contributed by atoms with Crippen LogP contribution in [0, 0.1) is 0 Å². The minimum atomic E-state index is -2.71. The number of imidazole rings is 1. The Balaban J connectivity index is 1.62. The molecule has 1 aliphatic heterocycles. The number of carbonyl (C=O) groups is 1. The Labute approximate surface area is 173 Å². The lowest BCUT2D eigenvalue weighted by molar-refractivity contribution is -0.121. The van der Waals surface area contributed by atoms with Crippen LogP contribution in [-0.2, 0) is 16.2 Å². The summed E-state index contributed by atoms with van der Waals surface area (Å²) in [6.07, 6.45) is 1.64. The summed E-state index contributed by atoms with van der Waals surface area (Å²) in [6.45, 7) is 0.896. The molecular formula is C17H18F2N8O2S. The number of hydrogen-bond acceptors (Lipinski definition) is 8. The summed E-state index contributed by atoms with van der Waals surface area (Å²) >= 11 is -1.19. The quantitative estimate of drug-likeness (QED) is 0.530. The van der Waals surface area contributed by atoms with Crippen molar-refractivity contribution in [3.05, 3.63) is 36.4 Å². The van der Waals surface area contributed by atoms with Crippen molar-refractivity contribution in [2.75, 3.05) is 30.8 Å². The molecule has 13 heteroatoms. The first-order chi connectivity index (χ1) is 14.4. The molecule has 0 bridgehead atoms. The lowest BCUT2D eigenvalue weighted by Crippen LogP contribution is -2.58. The van der Waals surface area contributed by atoms with Gasteiger partial charge in [-0.1, -0.05) is 0 Å². The molecule has 0 spiro atoms. The van der Waals surface area contributed by atoms with Gasteiger partial charge in [-0.15, -0.1) is 4.72 Å². The molecule has 2 N–H and O–H groups in total. The molecule has 0 aromatic carbocycles. The van der Waals surface area contributed by atoms with E-state index >= 15 is 0 Å². The summed E-state index contributed by atoms with van der Waals surface area (Å²) in [5.41, 5.74) is 0.900. The van der Waals surface area contributed by atoms with Crippen LogP contribution in [0.5, 0.6) is 0 Å². The number of halogens is 2. The van der Waals surface area contributed by atoms with E-state index in [1.54, 1.807) is 11.0 Å². The second kappa shape index (κ2) is 8.45. The Hall–Kier alpha value is -2.90. The third-order valence-corrected chi connectivity index (χ3v) is 5.09. The normalized spacial score (nSPS) is 18.1. The van der Waals surface area contributed by atoms with Crippen molar-refractivity contribution < 1.29 is 18.1 Å². The summed E-state index contributed by atoms with van der Waals surface area (Å²) in [7, 11) is 0. The van der Waals surface area contributed by atoms with Crippen molar-refractivity contribution in [2.24, 2.45) is 0 Å². The standard InChI is InChI=1S/C17H18F2N8O2S/c1-30(29)23-5-10-7-26(8-16(28)24-10)15-4-12(21-9-22-15)13-6-20-14-3-2-11(17(18)19)25-27(13)14/h2-4,6,9-10,17,23H,5,7-8H2,1H3,(H,24,28)/t10-,30?/m1/s1. The van der Waals surface area contributed by atoms with Crippen LogP contribution < -0.4 is 14.9 Å². The Morgan fingerprint density at radius 1 is 1.37 bits per heavy atom. The Morgan fingerprint density at radius 3 is 2.97 bits per heavy atom. The summed E-state index contributed by atoms with van der Waals surface area (Å²) in [5, 5.41) is 6.79. The molecule has 3 aromatic rings. The van der Waals surface area contributed by atoms with E-state index < -0.39 is 17.8 Å². The number of amides is 1. The minimum Gasteiger partial charge on any atom is -0.598 e. The molecule has 4 heterocycles. The van der Waals surface area contributed by atoms with Crippen LogP contribution in [0.15, 0.2) is 30.7 Å². The van der Waals surface area contributed by atoms with Crippen LogP contribution in [0.25, 0.3) is 17.0 Å². The minimum absolute atomic E-state index is 0.100. The Kier molecular flexibility index (Phi) is 5.74. The van der Waals surface area contributed by atoms with Gasteiger partial charge in [0, 0.05) is 24.0 Å². The number of anilines is 1. The summed E-state index contributed by atoms with van der Waals surface area (Å²) < 4.78 is 41.4. The van der Waals surface area contributed by atoms with Crippen LogP contribution >= 0.6 is 0 Å². The molecule has 158 valence electrons. The van der Waals surface area contributed by atoms with Gasteiger partial charge < -0.3 is 14.8 Å². The highest BCUT2D eigenvalue weighted by Gasteiger charge is 2.26. The fourth-order valence-corrected chi connectivity index (χ4v) is 3.61. The molecule has 1 fully saturated rings. The number of piperazine rings is 1. The van der Waals surface area contributed by atoms with Crippen LogP contribution in [0.4, 0.5) is 14.6 Å². The van der Waals surface area contributed by atoms with Crippen LogP contribution in [0.2, 0.25) is 0 Å². The summed E-state index contributed by atoms with van der Waals surface area (Å²) in [5.74, 6) is 0.311. The zero-order valence-corrected chi connectivity index (χ0v) is 16.6. The second-order valence-corrected chi connectivity index (χ2v) is 7.88. The maximum atomic E-state index is 13.0. The summed E-state index contributed by atoms with van der Waals surface area (Å²) in [4.78, 5) is 26.5. The van der Waals surface area contributed by atoms with Crippen molar-refractivity contribution in [3.8, 4) is 11.4 Å². The lowest BCUT2D eigenvalue weighted by atomic mass is 10.2. The Bertz CT molecular complexity index is 1060. The van der Waals surface area contributed by atoms with Gasteiger partial charge in [-0.25, -0.2) is 28.2 Å². The van der Waals surface area contributed by atoms with E-state index in [1.165, 1.54) is 35.4 Å². The molecule has 10 nitrogen and oxygen atoms in total. The van der Waals surface area contributed by atoms with Crippen LogP contribution in [0.1, 0.15) is 12.1 Å². The molecule has 30 heavy (non-hydrogen) atoms. The SMILES string of the molecule is C[S+]([O-])NC[C@@H]1CN(c2cc(-c3cnc4ccc(C(F)F)nn34)ncn2)CC(=O)N1. The zero-order valence-electron chi connectivity index (χ0n) is 15.8. The van der Waals surface area contributed by atoms with Gasteiger partial charge in [0.25, 0.3) is 6.43 Å². The molecule has 1 amide bonds. The molecule has 0 aliphatic carbocycles. The van der Waals surface area contributed by atoms with Crippen molar-refractivity contribution in [2.45, 2.75) is 12.5 Å². The van der Waals surface area contributed by atoms with E-state index in [0.717, 1.165) is 0 Å². The first-order valence-corrected chi connectivity index (χ1v) is 10.5. The maximum absolute atomic E-state index is 13.0. The van der Waals surface area contributed by atoms with E-state index in [9.17, 15) is 18.1 Å². The number of carbonyl (C=O) groups excluding carboxylic acids is 1. The highest BCUT2D eigenvalue weighted by Crippen LogP contribution is 2.24. The van der Waals surface area contributed by atoms with E-state index in [2.05, 4.69) is 30.1 Å². The molecule has 1 unspecified atom stereocenters. The van der Waals surface area contributed by atoms with Gasteiger partial charge in [-0.3, -0.25) is 4.79 Å². The van der Waals surface area contributed by atoms with Gasteiger partial charge in [0.2, 0.25) is 5.91 Å². The molecule has 2 atom stereocenters. The molecule has 1 aliphatic rings. The number of aromatic nitrogens is 5. The van der Waals surface area contributed by atoms with Gasteiger partial charge in [0.1, 0.15) is 29.8 Å². The monoisotopic (exact) mass is 436 g/mol. The molecule has 3 aromatic heterocycles. The lowest BCUT2D eigenvalue weighted by Gasteiger charge is -2.33. The van der Waals surface area contributed by atoms with Gasteiger partial charge >= 0.3 is 0 Å². The second-order valence-electron chi connectivity index (χ2n) is 6.68. The number of alkyl halides is 2. The van der Waals surface area contributed by atoms with E-state index in [4.69, 9.17) is 0 Å². The largest absolute Gasteiger partial charge is 0.598 e. The third-order valence-electron chi connectivity index (χ3n) is 4.52. The fourth-order valence-electron chi connectivity index (χ4n) is 3.17. The zero-order chi connectivity index (χ0) is 21.3. The average molecular weight is 436 g/mol. The van der Waals surface area contributed by atoms with Crippen LogP contribution in [0.3, 0.4) is 0 Å². The smallest absolute Gasteiger partial charge is 0.282 e. The van der Waals surface area contributed by atoms with Crippen molar-refractivity contribution in [1.82, 2.24) is 34.6 Å². The van der Waals surface area contributed by atoms with Crippen molar-refractivity contribution >= 4 is 28.7 Å². The summed E-state index contributed by atoms with van der Waals surface area (Å²) in [6, 6.07) is 4.09. The molecule has 0 saturated carbocycles. The predicted octanol–water partition coefficient (Wildman–Crippen LogP) is 0.312. The molecular weight excluding hydrogens is 418 g/mol. The number of nitrogens with zero attached hydrogens (tertiary/aromatic N) is 6. The van der Waals surface area contributed by atoms with E-state index in [1.807, 2.05) is 0 Å². The van der Waals surface area contributed by atoms with Gasteiger partial charge in [-0.05, 0) is 12.1 Å². The highest BCUT2D eigenvalue weighted by molar-refractivity contribution is 7.88. The van der Waals surface area contributed by atoms with Gasteiger partial charge in [0.05, 0.1) is 31.0 Å². The van der Waals surface area contributed by atoms with E-state index in [0.29, 0.717) is 35.9 Å². The Morgan fingerprint density at radius 2 is 2.20 bits per heavy atom. The van der Waals surface area contributed by atoms with Crippen molar-refractivity contribution in [3.63, 3.8) is 0 Å². The maximum Gasteiger partial charge on any atom is 0.282 e. The highest BCUT2D eigenvalue weighted by atomic mass is 32.2. The average Bonchev–Trinajstić information content (AvgIpc) is 3.15. The number of rotatable bonds is 6. The predicted molar refractivity (Wildman–Crippen MR) is 105 cm³/mol. The number of fused-ring (bicyclic) bond motifs is 1. The first-order valence-electron chi connectivity index (χ1n) is 8.97. The first kappa shape index (κ1) is 20.4. The number of hydrogen-bond donors (Lipinski definition) is 2. The molecule has 1 saturated heterocycles. The van der Waals surface area contributed by atoms with Crippen LogP contribution in [-0.4, -0.2) is 67.0 Å². The van der Waals surface area contributed by atoms with Gasteiger partial charge in [-0.2, -0.15) is 5.10 Å². The number of nitrogens with one attached hydrogen (secondary N) is 2. The molecule has 0 radical (unpaired) electrons. The fraction of sp³-hybridized carbons (Fsp3) is 0.353.